The van der Waals surface area contributed by atoms with Gasteiger partial charge in [0.1, 0.15) is 0 Å². The van der Waals surface area contributed by atoms with Crippen molar-refractivity contribution in [1.82, 2.24) is 5.32 Å². The molecular formula is C18H28ClN. The van der Waals surface area contributed by atoms with E-state index in [1.165, 1.54) is 31.2 Å². The van der Waals surface area contributed by atoms with Crippen LogP contribution in [0.2, 0.25) is 5.02 Å². The molecule has 2 heteroatoms. The second-order valence-corrected chi connectivity index (χ2v) is 6.94. The minimum atomic E-state index is 0.491. The highest BCUT2D eigenvalue weighted by atomic mass is 35.5. The molecule has 0 spiro atoms. The van der Waals surface area contributed by atoms with E-state index in [0.29, 0.717) is 6.04 Å². The van der Waals surface area contributed by atoms with Crippen molar-refractivity contribution in [2.45, 2.75) is 52.5 Å². The third-order valence-corrected chi connectivity index (χ3v) is 5.14. The molecule has 1 fully saturated rings. The molecule has 1 saturated carbocycles. The molecular weight excluding hydrogens is 266 g/mol. The summed E-state index contributed by atoms with van der Waals surface area (Å²) >= 11 is 6.01. The molecule has 20 heavy (non-hydrogen) atoms. The van der Waals surface area contributed by atoms with Crippen molar-refractivity contribution in [3.8, 4) is 0 Å². The second kappa shape index (κ2) is 7.47. The summed E-state index contributed by atoms with van der Waals surface area (Å²) < 4.78 is 0. The molecule has 1 aromatic rings. The van der Waals surface area contributed by atoms with E-state index in [1.54, 1.807) is 0 Å². The third kappa shape index (κ3) is 3.99. The summed E-state index contributed by atoms with van der Waals surface area (Å²) in [5.74, 6) is 2.54. The average Bonchev–Trinajstić information content (AvgIpc) is 2.46. The lowest BCUT2D eigenvalue weighted by molar-refractivity contribution is 0.190. The Bertz CT molecular complexity index is 390. The first kappa shape index (κ1) is 15.9. The smallest absolute Gasteiger partial charge is 0.0406 e. The molecule has 1 aliphatic rings. The number of rotatable bonds is 5. The molecule has 0 heterocycles. The average molecular weight is 294 g/mol. The summed E-state index contributed by atoms with van der Waals surface area (Å²) in [4.78, 5) is 0. The zero-order valence-corrected chi connectivity index (χ0v) is 13.8. The largest absolute Gasteiger partial charge is 0.310 e. The predicted molar refractivity (Wildman–Crippen MR) is 88.2 cm³/mol. The molecule has 1 unspecified atom stereocenters. The Kier molecular flexibility index (Phi) is 5.92. The van der Waals surface area contributed by atoms with Crippen LogP contribution in [0.4, 0.5) is 0 Å². The number of halogens is 1. The predicted octanol–water partition coefficient (Wildman–Crippen LogP) is 5.45. The molecule has 0 saturated heterocycles. The van der Waals surface area contributed by atoms with E-state index in [4.69, 9.17) is 11.6 Å². The van der Waals surface area contributed by atoms with Crippen molar-refractivity contribution in [2.24, 2.45) is 17.8 Å². The van der Waals surface area contributed by atoms with Crippen LogP contribution in [0, 0.1) is 17.8 Å². The van der Waals surface area contributed by atoms with E-state index in [-0.39, 0.29) is 0 Å². The molecule has 0 radical (unpaired) electrons. The maximum Gasteiger partial charge on any atom is 0.0406 e. The first-order chi connectivity index (χ1) is 9.61. The molecule has 1 N–H and O–H groups in total. The van der Waals surface area contributed by atoms with Crippen LogP contribution in [0.5, 0.6) is 0 Å². The van der Waals surface area contributed by atoms with E-state index < -0.39 is 0 Å². The summed E-state index contributed by atoms with van der Waals surface area (Å²) in [5.41, 5.74) is 1.39. The van der Waals surface area contributed by atoms with Gasteiger partial charge >= 0.3 is 0 Å². The highest BCUT2D eigenvalue weighted by molar-refractivity contribution is 6.30. The number of nitrogens with one attached hydrogen (secondary N) is 1. The van der Waals surface area contributed by atoms with Gasteiger partial charge in [0.2, 0.25) is 0 Å². The standard InChI is InChI=1S/C18H28ClN/c1-4-20-18(16-9-11-17(19)12-10-16)15-7-5-14(6-8-15)13(2)3/h9-15,18,20H,4-8H2,1-3H3. The monoisotopic (exact) mass is 293 g/mol. The van der Waals surface area contributed by atoms with Gasteiger partial charge in [-0.3, -0.25) is 0 Å². The Morgan fingerprint density at radius 1 is 1.05 bits per heavy atom. The van der Waals surface area contributed by atoms with Crippen LogP contribution in [0.3, 0.4) is 0 Å². The first-order valence-electron chi connectivity index (χ1n) is 8.10. The molecule has 1 aliphatic carbocycles. The molecule has 2 rings (SSSR count). The Balaban J connectivity index is 2.04. The topological polar surface area (TPSA) is 12.0 Å². The Labute approximate surface area is 129 Å². The number of benzene rings is 1. The number of hydrogen-bond donors (Lipinski definition) is 1. The lowest BCUT2D eigenvalue weighted by Gasteiger charge is -2.36. The van der Waals surface area contributed by atoms with E-state index in [9.17, 15) is 0 Å². The maximum absolute atomic E-state index is 6.01. The molecule has 0 amide bonds. The Morgan fingerprint density at radius 3 is 2.10 bits per heavy atom. The normalized spacial score (nSPS) is 24.9. The highest BCUT2D eigenvalue weighted by Crippen LogP contribution is 2.39. The third-order valence-electron chi connectivity index (χ3n) is 4.88. The summed E-state index contributed by atoms with van der Waals surface area (Å²) in [7, 11) is 0. The fraction of sp³-hybridized carbons (Fsp3) is 0.667. The minimum absolute atomic E-state index is 0.491. The van der Waals surface area contributed by atoms with Crippen LogP contribution in [-0.2, 0) is 0 Å². The summed E-state index contributed by atoms with van der Waals surface area (Å²) in [6.45, 7) is 7.96. The van der Waals surface area contributed by atoms with Gasteiger partial charge in [-0.1, -0.05) is 44.5 Å². The van der Waals surface area contributed by atoms with Crippen molar-refractivity contribution in [3.05, 3.63) is 34.9 Å². The molecule has 1 atom stereocenters. The van der Waals surface area contributed by atoms with Crippen LogP contribution >= 0.6 is 11.6 Å². The van der Waals surface area contributed by atoms with Gasteiger partial charge in [0.15, 0.2) is 0 Å². The van der Waals surface area contributed by atoms with E-state index in [0.717, 1.165) is 29.3 Å². The van der Waals surface area contributed by atoms with Gasteiger partial charge in [-0.05, 0) is 67.7 Å². The lowest BCUT2D eigenvalue weighted by atomic mass is 9.73. The van der Waals surface area contributed by atoms with Crippen LogP contribution < -0.4 is 5.32 Å². The molecule has 0 aliphatic heterocycles. The van der Waals surface area contributed by atoms with Crippen molar-refractivity contribution in [1.29, 1.82) is 0 Å². The molecule has 0 bridgehead atoms. The molecule has 0 aromatic heterocycles. The van der Waals surface area contributed by atoms with Crippen LogP contribution in [-0.4, -0.2) is 6.54 Å². The second-order valence-electron chi connectivity index (χ2n) is 6.51. The van der Waals surface area contributed by atoms with Crippen molar-refractivity contribution in [3.63, 3.8) is 0 Å². The first-order valence-corrected chi connectivity index (χ1v) is 8.48. The number of hydrogen-bond acceptors (Lipinski definition) is 1. The molecule has 1 aromatic carbocycles. The molecule has 1 nitrogen and oxygen atoms in total. The van der Waals surface area contributed by atoms with Crippen molar-refractivity contribution >= 4 is 11.6 Å². The maximum atomic E-state index is 6.01. The zero-order valence-electron chi connectivity index (χ0n) is 13.0. The zero-order chi connectivity index (χ0) is 14.5. The quantitative estimate of drug-likeness (QED) is 0.761. The summed E-state index contributed by atoms with van der Waals surface area (Å²) in [5, 5.41) is 4.52. The van der Waals surface area contributed by atoms with Gasteiger partial charge in [-0.2, -0.15) is 0 Å². The molecule has 112 valence electrons. The summed E-state index contributed by atoms with van der Waals surface area (Å²) in [6, 6.07) is 8.89. The Morgan fingerprint density at radius 2 is 1.60 bits per heavy atom. The van der Waals surface area contributed by atoms with E-state index in [1.807, 2.05) is 12.1 Å². The van der Waals surface area contributed by atoms with Gasteiger partial charge in [0, 0.05) is 11.1 Å². The van der Waals surface area contributed by atoms with Gasteiger partial charge in [0.25, 0.3) is 0 Å². The Hall–Kier alpha value is -0.530. The van der Waals surface area contributed by atoms with E-state index >= 15 is 0 Å². The van der Waals surface area contributed by atoms with Gasteiger partial charge in [-0.25, -0.2) is 0 Å². The SMILES string of the molecule is CCNC(c1ccc(Cl)cc1)C1CCC(C(C)C)CC1. The van der Waals surface area contributed by atoms with Crippen molar-refractivity contribution < 1.29 is 0 Å². The lowest BCUT2D eigenvalue weighted by Crippen LogP contribution is -2.31. The fourth-order valence-electron chi connectivity index (χ4n) is 3.59. The van der Waals surface area contributed by atoms with Gasteiger partial charge in [-0.15, -0.1) is 0 Å². The minimum Gasteiger partial charge on any atom is -0.310 e. The van der Waals surface area contributed by atoms with Gasteiger partial charge in [0.05, 0.1) is 0 Å². The van der Waals surface area contributed by atoms with Crippen molar-refractivity contribution in [2.75, 3.05) is 6.54 Å². The van der Waals surface area contributed by atoms with Crippen LogP contribution in [0.1, 0.15) is 58.1 Å². The van der Waals surface area contributed by atoms with E-state index in [2.05, 4.69) is 38.2 Å². The summed E-state index contributed by atoms with van der Waals surface area (Å²) in [6.07, 6.45) is 5.47. The van der Waals surface area contributed by atoms with Gasteiger partial charge < -0.3 is 5.32 Å². The fourth-order valence-corrected chi connectivity index (χ4v) is 3.72. The highest BCUT2D eigenvalue weighted by Gasteiger charge is 2.29. The van der Waals surface area contributed by atoms with Crippen LogP contribution in [0.15, 0.2) is 24.3 Å². The van der Waals surface area contributed by atoms with Crippen LogP contribution in [0.25, 0.3) is 0 Å².